The van der Waals surface area contributed by atoms with Crippen molar-refractivity contribution in [2.45, 2.75) is 50.2 Å². The summed E-state index contributed by atoms with van der Waals surface area (Å²) < 4.78 is 33.1. The van der Waals surface area contributed by atoms with Gasteiger partial charge >= 0.3 is 6.09 Å². The smallest absolute Gasteiger partial charge is 0.407 e. The summed E-state index contributed by atoms with van der Waals surface area (Å²) in [6.45, 7) is 3.92. The van der Waals surface area contributed by atoms with Crippen LogP contribution in [0.4, 0.5) is 4.79 Å². The van der Waals surface area contributed by atoms with Gasteiger partial charge < -0.3 is 24.3 Å². The van der Waals surface area contributed by atoms with Gasteiger partial charge in [0, 0.05) is 61.4 Å². The summed E-state index contributed by atoms with van der Waals surface area (Å²) in [5, 5.41) is 10.1. The molecule has 2 N–H and O–H groups in total. The summed E-state index contributed by atoms with van der Waals surface area (Å²) >= 11 is 0. The molecular weight excluding hydrogens is 458 g/mol. The first-order valence-electron chi connectivity index (χ1n) is 11.4. The molecule has 0 saturated carbocycles. The van der Waals surface area contributed by atoms with Crippen LogP contribution in [0.2, 0.25) is 0 Å². The number of hydrogen-bond acceptors (Lipinski definition) is 5. The van der Waals surface area contributed by atoms with Crippen molar-refractivity contribution in [3.63, 3.8) is 0 Å². The number of sulfone groups is 1. The number of pyridine rings is 1. The van der Waals surface area contributed by atoms with E-state index < -0.39 is 15.9 Å². The van der Waals surface area contributed by atoms with Crippen LogP contribution >= 0.6 is 0 Å². The number of aromatic nitrogens is 2. The highest BCUT2D eigenvalue weighted by Gasteiger charge is 2.32. The Balaban J connectivity index is 1.81. The predicted molar refractivity (Wildman–Crippen MR) is 129 cm³/mol. The molecule has 1 aliphatic rings. The predicted octanol–water partition coefficient (Wildman–Crippen LogP) is 3.63. The Morgan fingerprint density at radius 2 is 2.00 bits per heavy atom. The molecule has 10 heteroatoms. The normalized spacial score (nSPS) is 18.9. The SMILES string of the molecule is CCC1CC(Oc2ccc(S(=O)(=O)CC)cc2-c2cn(C)c(=O)c3[nH]ccc23)CCN1C(=O)O. The molecule has 1 amide bonds. The van der Waals surface area contributed by atoms with E-state index in [0.717, 1.165) is 0 Å². The summed E-state index contributed by atoms with van der Waals surface area (Å²) in [6.07, 6.45) is 3.97. The van der Waals surface area contributed by atoms with E-state index in [1.165, 1.54) is 15.5 Å². The summed E-state index contributed by atoms with van der Waals surface area (Å²) in [6, 6.07) is 6.44. The van der Waals surface area contributed by atoms with E-state index in [-0.39, 0.29) is 28.4 Å². The highest BCUT2D eigenvalue weighted by molar-refractivity contribution is 7.91. The molecule has 182 valence electrons. The third kappa shape index (κ3) is 4.29. The Bertz CT molecular complexity index is 1390. The van der Waals surface area contributed by atoms with Gasteiger partial charge in [0.2, 0.25) is 0 Å². The molecule has 0 spiro atoms. The van der Waals surface area contributed by atoms with Crippen molar-refractivity contribution in [1.29, 1.82) is 0 Å². The van der Waals surface area contributed by atoms with E-state index in [2.05, 4.69) is 4.98 Å². The van der Waals surface area contributed by atoms with Crippen LogP contribution in [0.5, 0.6) is 5.75 Å². The minimum atomic E-state index is -3.47. The molecule has 1 fully saturated rings. The standard InChI is InChI=1S/C24H29N3O6S/c1-4-15-12-16(9-11-27(15)24(29)30)33-21-7-6-17(34(31,32)5-2)13-19(21)20-14-26(3)23(28)22-18(20)8-10-25-22/h6-8,10,13-16,25H,4-5,9,11-12H2,1-3H3,(H,29,30). The number of benzene rings is 1. The largest absolute Gasteiger partial charge is 0.490 e. The van der Waals surface area contributed by atoms with E-state index in [9.17, 15) is 23.1 Å². The number of rotatable bonds is 6. The molecule has 1 aromatic carbocycles. The lowest BCUT2D eigenvalue weighted by Gasteiger charge is -2.37. The van der Waals surface area contributed by atoms with Gasteiger partial charge in [-0.05, 0) is 30.7 Å². The topological polar surface area (TPSA) is 122 Å². The Morgan fingerprint density at radius 3 is 2.68 bits per heavy atom. The number of likely N-dealkylation sites (tertiary alicyclic amines) is 1. The zero-order valence-electron chi connectivity index (χ0n) is 19.4. The number of aromatic amines is 1. The average Bonchev–Trinajstić information content (AvgIpc) is 3.31. The van der Waals surface area contributed by atoms with Crippen LogP contribution in [-0.2, 0) is 16.9 Å². The third-order valence-electron chi connectivity index (χ3n) is 6.55. The number of ether oxygens (including phenoxy) is 1. The van der Waals surface area contributed by atoms with E-state index in [1.807, 2.05) is 6.92 Å². The van der Waals surface area contributed by atoms with Crippen LogP contribution in [0, 0.1) is 0 Å². The fourth-order valence-corrected chi connectivity index (χ4v) is 5.51. The molecule has 0 aliphatic carbocycles. The van der Waals surface area contributed by atoms with E-state index in [1.54, 1.807) is 44.6 Å². The number of amides is 1. The zero-order valence-corrected chi connectivity index (χ0v) is 20.3. The highest BCUT2D eigenvalue weighted by Crippen LogP contribution is 2.37. The van der Waals surface area contributed by atoms with Crippen LogP contribution in [0.1, 0.15) is 33.1 Å². The van der Waals surface area contributed by atoms with Gasteiger partial charge in [0.25, 0.3) is 5.56 Å². The number of aryl methyl sites for hydroxylation is 1. The number of hydrogen-bond donors (Lipinski definition) is 2. The fraction of sp³-hybridized carbons (Fsp3) is 0.417. The van der Waals surface area contributed by atoms with Crippen LogP contribution in [0.25, 0.3) is 22.0 Å². The minimum Gasteiger partial charge on any atom is -0.490 e. The van der Waals surface area contributed by atoms with Gasteiger partial charge in [-0.1, -0.05) is 13.8 Å². The number of carboxylic acid groups (broad SMARTS) is 1. The molecule has 9 nitrogen and oxygen atoms in total. The van der Waals surface area contributed by atoms with Crippen molar-refractivity contribution in [3.05, 3.63) is 47.0 Å². The van der Waals surface area contributed by atoms with Gasteiger partial charge in [-0.3, -0.25) is 4.79 Å². The Kier molecular flexibility index (Phi) is 6.44. The van der Waals surface area contributed by atoms with Gasteiger partial charge in [-0.25, -0.2) is 13.2 Å². The van der Waals surface area contributed by atoms with E-state index >= 15 is 0 Å². The molecule has 4 rings (SSSR count). The summed E-state index contributed by atoms with van der Waals surface area (Å²) in [4.78, 5) is 28.7. The molecule has 0 bridgehead atoms. The molecule has 2 aromatic heterocycles. The van der Waals surface area contributed by atoms with E-state index in [0.29, 0.717) is 53.6 Å². The van der Waals surface area contributed by atoms with Gasteiger partial charge in [0.15, 0.2) is 9.84 Å². The fourth-order valence-electron chi connectivity index (χ4n) is 4.61. The third-order valence-corrected chi connectivity index (χ3v) is 8.29. The second kappa shape index (κ2) is 9.17. The maximum atomic E-state index is 12.6. The molecule has 3 aromatic rings. The first-order chi connectivity index (χ1) is 16.2. The molecule has 1 aliphatic heterocycles. The Hall–Kier alpha value is -3.27. The second-order valence-corrected chi connectivity index (χ2v) is 10.9. The maximum absolute atomic E-state index is 12.6. The number of carbonyl (C=O) groups is 1. The monoisotopic (exact) mass is 487 g/mol. The number of fused-ring (bicyclic) bond motifs is 1. The van der Waals surface area contributed by atoms with Crippen LogP contribution in [0.3, 0.4) is 0 Å². The van der Waals surface area contributed by atoms with Crippen molar-refractivity contribution in [3.8, 4) is 16.9 Å². The average molecular weight is 488 g/mol. The van der Waals surface area contributed by atoms with Gasteiger partial charge in [-0.2, -0.15) is 0 Å². The van der Waals surface area contributed by atoms with Crippen molar-refractivity contribution < 1.29 is 23.1 Å². The number of nitrogens with one attached hydrogen (secondary N) is 1. The second-order valence-electron chi connectivity index (χ2n) is 8.59. The summed E-state index contributed by atoms with van der Waals surface area (Å²) in [5.41, 5.74) is 1.49. The first-order valence-corrected chi connectivity index (χ1v) is 13.0. The van der Waals surface area contributed by atoms with Crippen molar-refractivity contribution in [1.82, 2.24) is 14.5 Å². The molecule has 2 atom stereocenters. The highest BCUT2D eigenvalue weighted by atomic mass is 32.2. The Labute approximate surface area is 197 Å². The Morgan fingerprint density at radius 1 is 1.24 bits per heavy atom. The lowest BCUT2D eigenvalue weighted by molar-refractivity contribution is 0.0533. The lowest BCUT2D eigenvalue weighted by Crippen LogP contribution is -2.48. The quantitative estimate of drug-likeness (QED) is 0.548. The van der Waals surface area contributed by atoms with Crippen LogP contribution in [0.15, 0.2) is 46.3 Å². The number of H-pyrrole nitrogens is 1. The number of nitrogens with zero attached hydrogens (tertiary/aromatic N) is 2. The van der Waals surface area contributed by atoms with E-state index in [4.69, 9.17) is 4.74 Å². The molecule has 2 unspecified atom stereocenters. The summed E-state index contributed by atoms with van der Waals surface area (Å²) in [5.74, 6) is 0.463. The lowest BCUT2D eigenvalue weighted by atomic mass is 9.97. The molecule has 3 heterocycles. The van der Waals surface area contributed by atoms with Crippen molar-refractivity contribution >= 4 is 26.8 Å². The van der Waals surface area contributed by atoms with Crippen LogP contribution < -0.4 is 10.3 Å². The molecule has 1 saturated heterocycles. The molecular formula is C24H29N3O6S. The van der Waals surface area contributed by atoms with Crippen molar-refractivity contribution in [2.24, 2.45) is 7.05 Å². The summed E-state index contributed by atoms with van der Waals surface area (Å²) in [7, 11) is -1.82. The van der Waals surface area contributed by atoms with Gasteiger partial charge in [0.05, 0.1) is 10.6 Å². The van der Waals surface area contributed by atoms with Crippen LogP contribution in [-0.4, -0.2) is 58.5 Å². The van der Waals surface area contributed by atoms with Gasteiger partial charge in [-0.15, -0.1) is 0 Å². The minimum absolute atomic E-state index is 0.0364. The molecule has 0 radical (unpaired) electrons. The zero-order chi connectivity index (χ0) is 24.6. The first kappa shape index (κ1) is 23.9. The molecule has 34 heavy (non-hydrogen) atoms. The van der Waals surface area contributed by atoms with Gasteiger partial charge in [0.1, 0.15) is 17.4 Å². The number of piperidine rings is 1. The maximum Gasteiger partial charge on any atom is 0.407 e. The van der Waals surface area contributed by atoms with Crippen molar-refractivity contribution in [2.75, 3.05) is 12.3 Å².